The minimum absolute atomic E-state index is 0.0363. The van der Waals surface area contributed by atoms with Crippen LogP contribution >= 0.6 is 0 Å². The zero-order chi connectivity index (χ0) is 18.8. The van der Waals surface area contributed by atoms with Gasteiger partial charge in [-0.15, -0.1) is 0 Å². The van der Waals surface area contributed by atoms with Gasteiger partial charge in [-0.3, -0.25) is 4.79 Å². The number of aromatic amines is 1. The van der Waals surface area contributed by atoms with Crippen molar-refractivity contribution in [1.82, 2.24) is 9.88 Å². The van der Waals surface area contributed by atoms with Gasteiger partial charge < -0.3 is 9.88 Å². The maximum atomic E-state index is 13.1. The molecule has 27 heavy (non-hydrogen) atoms. The molecule has 4 heteroatoms. The first-order chi connectivity index (χ1) is 13.1. The van der Waals surface area contributed by atoms with Crippen LogP contribution in [0.3, 0.4) is 0 Å². The highest BCUT2D eigenvalue weighted by Crippen LogP contribution is 2.33. The van der Waals surface area contributed by atoms with Crippen LogP contribution in [0.1, 0.15) is 36.8 Å². The fraction of sp³-hybridized carbons (Fsp3) is 0.261. The molecule has 3 nitrogen and oxygen atoms in total. The molecular formula is C23H23FN2O. The number of carbonyl (C=O) groups is 1. The molecule has 0 aliphatic carbocycles. The van der Waals surface area contributed by atoms with Crippen LogP contribution in [-0.2, 0) is 4.79 Å². The van der Waals surface area contributed by atoms with E-state index in [4.69, 9.17) is 0 Å². The van der Waals surface area contributed by atoms with E-state index >= 15 is 0 Å². The number of hydrogen-bond acceptors (Lipinski definition) is 1. The summed E-state index contributed by atoms with van der Waals surface area (Å²) < 4.78 is 13.1. The van der Waals surface area contributed by atoms with E-state index in [2.05, 4.69) is 29.4 Å². The molecule has 1 saturated heterocycles. The highest BCUT2D eigenvalue weighted by molar-refractivity contribution is 5.95. The molecule has 2 heterocycles. The zero-order valence-electron chi connectivity index (χ0n) is 15.4. The number of piperidine rings is 1. The van der Waals surface area contributed by atoms with E-state index < -0.39 is 0 Å². The van der Waals surface area contributed by atoms with Crippen molar-refractivity contribution in [3.63, 3.8) is 0 Å². The standard InChI is InChI=1S/C23H23FN2O/c1-16(17-6-8-19(24)9-7-17)14-23(27)26-12-10-18(11-13-26)21-15-25-22-5-3-2-4-20(21)22/h2-9,14-15,18,25H,10-13H2,1H3/b16-14-. The van der Waals surface area contributed by atoms with Crippen LogP contribution < -0.4 is 0 Å². The van der Waals surface area contributed by atoms with Crippen molar-refractivity contribution in [2.24, 2.45) is 0 Å². The van der Waals surface area contributed by atoms with Crippen molar-refractivity contribution >= 4 is 22.4 Å². The summed E-state index contributed by atoms with van der Waals surface area (Å²) in [4.78, 5) is 17.9. The van der Waals surface area contributed by atoms with Crippen molar-refractivity contribution in [2.45, 2.75) is 25.7 Å². The lowest BCUT2D eigenvalue weighted by Gasteiger charge is -2.31. The lowest BCUT2D eigenvalue weighted by Crippen LogP contribution is -2.37. The SMILES string of the molecule is C/C(=C/C(=O)N1CCC(c2c[nH]c3ccccc23)CC1)c1ccc(F)cc1. The van der Waals surface area contributed by atoms with Gasteiger partial charge in [0.25, 0.3) is 0 Å². The van der Waals surface area contributed by atoms with Crippen molar-refractivity contribution in [3.8, 4) is 0 Å². The summed E-state index contributed by atoms with van der Waals surface area (Å²) in [6.45, 7) is 3.41. The number of benzene rings is 2. The average molecular weight is 362 g/mol. The van der Waals surface area contributed by atoms with Gasteiger partial charge in [-0.1, -0.05) is 30.3 Å². The van der Waals surface area contributed by atoms with Crippen molar-refractivity contribution in [1.29, 1.82) is 0 Å². The smallest absolute Gasteiger partial charge is 0.246 e. The normalized spacial score (nSPS) is 16.1. The molecule has 1 N–H and O–H groups in total. The van der Waals surface area contributed by atoms with Crippen LogP contribution in [0.4, 0.5) is 4.39 Å². The van der Waals surface area contributed by atoms with Gasteiger partial charge in [-0.05, 0) is 60.6 Å². The van der Waals surface area contributed by atoms with Crippen molar-refractivity contribution < 1.29 is 9.18 Å². The second kappa shape index (κ2) is 7.39. The number of nitrogens with zero attached hydrogens (tertiary/aromatic N) is 1. The van der Waals surface area contributed by atoms with Gasteiger partial charge in [0.2, 0.25) is 5.91 Å². The first kappa shape index (κ1) is 17.5. The third kappa shape index (κ3) is 3.65. The molecule has 0 radical (unpaired) electrons. The Morgan fingerprint density at radius 1 is 1.11 bits per heavy atom. The fourth-order valence-corrected chi connectivity index (χ4v) is 3.92. The highest BCUT2D eigenvalue weighted by Gasteiger charge is 2.24. The molecule has 138 valence electrons. The second-order valence-corrected chi connectivity index (χ2v) is 7.22. The third-order valence-corrected chi connectivity index (χ3v) is 5.51. The molecule has 3 aromatic rings. The molecule has 1 aromatic heterocycles. The van der Waals surface area contributed by atoms with Gasteiger partial charge in [-0.2, -0.15) is 0 Å². The number of halogens is 1. The van der Waals surface area contributed by atoms with E-state index in [-0.39, 0.29) is 11.7 Å². The zero-order valence-corrected chi connectivity index (χ0v) is 15.4. The van der Waals surface area contributed by atoms with E-state index in [0.717, 1.165) is 37.1 Å². The molecule has 4 rings (SSSR count). The summed E-state index contributed by atoms with van der Waals surface area (Å²) in [6, 6.07) is 14.6. The number of H-pyrrole nitrogens is 1. The molecule has 2 aromatic carbocycles. The summed E-state index contributed by atoms with van der Waals surface area (Å²) in [5, 5.41) is 1.29. The minimum atomic E-state index is -0.266. The molecular weight excluding hydrogens is 339 g/mol. The molecule has 1 amide bonds. The largest absolute Gasteiger partial charge is 0.361 e. The van der Waals surface area contributed by atoms with Crippen LogP contribution in [0.5, 0.6) is 0 Å². The summed E-state index contributed by atoms with van der Waals surface area (Å²) in [6.07, 6.45) is 5.72. The summed E-state index contributed by atoms with van der Waals surface area (Å²) >= 11 is 0. The Balaban J connectivity index is 1.42. The molecule has 0 saturated carbocycles. The Morgan fingerprint density at radius 3 is 2.56 bits per heavy atom. The number of amides is 1. The quantitative estimate of drug-likeness (QED) is 0.645. The number of rotatable bonds is 3. The Kier molecular flexibility index (Phi) is 4.80. The number of carbonyl (C=O) groups excluding carboxylic acids is 1. The number of fused-ring (bicyclic) bond motifs is 1. The maximum Gasteiger partial charge on any atom is 0.246 e. The number of aromatic nitrogens is 1. The van der Waals surface area contributed by atoms with E-state index in [1.165, 1.54) is 28.6 Å². The van der Waals surface area contributed by atoms with E-state index in [9.17, 15) is 9.18 Å². The fourth-order valence-electron chi connectivity index (χ4n) is 3.92. The number of nitrogens with one attached hydrogen (secondary N) is 1. The molecule has 0 bridgehead atoms. The summed E-state index contributed by atoms with van der Waals surface area (Å²) in [5.74, 6) is 0.249. The summed E-state index contributed by atoms with van der Waals surface area (Å²) in [7, 11) is 0. The molecule has 0 unspecified atom stereocenters. The first-order valence-corrected chi connectivity index (χ1v) is 9.41. The maximum absolute atomic E-state index is 13.1. The number of likely N-dealkylation sites (tertiary alicyclic amines) is 1. The number of hydrogen-bond donors (Lipinski definition) is 1. The van der Waals surface area contributed by atoms with Gasteiger partial charge in [0.1, 0.15) is 5.82 Å². The van der Waals surface area contributed by atoms with Crippen LogP contribution in [0.2, 0.25) is 0 Å². The Hall–Kier alpha value is -2.88. The molecule has 0 spiro atoms. The van der Waals surface area contributed by atoms with E-state index in [1.807, 2.05) is 17.9 Å². The Morgan fingerprint density at radius 2 is 1.81 bits per heavy atom. The highest BCUT2D eigenvalue weighted by atomic mass is 19.1. The topological polar surface area (TPSA) is 36.1 Å². The predicted molar refractivity (Wildman–Crippen MR) is 107 cm³/mol. The Labute approximate surface area is 158 Å². The summed E-state index contributed by atoms with van der Waals surface area (Å²) in [5.41, 5.74) is 4.26. The third-order valence-electron chi connectivity index (χ3n) is 5.51. The predicted octanol–water partition coefficient (Wildman–Crippen LogP) is 5.12. The Bertz CT molecular complexity index is 979. The lowest BCUT2D eigenvalue weighted by molar-refractivity contribution is -0.127. The van der Waals surface area contributed by atoms with Gasteiger partial charge in [0.05, 0.1) is 0 Å². The lowest BCUT2D eigenvalue weighted by atomic mass is 9.89. The van der Waals surface area contributed by atoms with Crippen molar-refractivity contribution in [3.05, 3.63) is 77.7 Å². The first-order valence-electron chi connectivity index (χ1n) is 9.41. The average Bonchev–Trinajstić information content (AvgIpc) is 3.12. The van der Waals surface area contributed by atoms with Crippen LogP contribution in [0.15, 0.2) is 60.8 Å². The van der Waals surface area contributed by atoms with Gasteiger partial charge in [-0.25, -0.2) is 4.39 Å². The molecule has 1 fully saturated rings. The van der Waals surface area contributed by atoms with Gasteiger partial charge >= 0.3 is 0 Å². The van der Waals surface area contributed by atoms with Crippen LogP contribution in [0, 0.1) is 5.82 Å². The van der Waals surface area contributed by atoms with Gasteiger partial charge in [0, 0.05) is 36.3 Å². The molecule has 1 aliphatic heterocycles. The van der Waals surface area contributed by atoms with Crippen LogP contribution in [0.25, 0.3) is 16.5 Å². The van der Waals surface area contributed by atoms with Crippen molar-refractivity contribution in [2.75, 3.05) is 13.1 Å². The minimum Gasteiger partial charge on any atom is -0.361 e. The second-order valence-electron chi connectivity index (χ2n) is 7.22. The molecule has 1 aliphatic rings. The van der Waals surface area contributed by atoms with E-state index in [1.54, 1.807) is 18.2 Å². The number of para-hydroxylation sites is 1. The van der Waals surface area contributed by atoms with E-state index in [0.29, 0.717) is 5.92 Å². The van der Waals surface area contributed by atoms with Crippen LogP contribution in [-0.4, -0.2) is 28.9 Å². The molecule has 0 atom stereocenters. The number of allylic oxidation sites excluding steroid dienone is 1. The van der Waals surface area contributed by atoms with Gasteiger partial charge in [0.15, 0.2) is 0 Å². The monoisotopic (exact) mass is 362 g/mol.